The van der Waals surface area contributed by atoms with Crippen LogP contribution < -0.4 is 9.64 Å². The van der Waals surface area contributed by atoms with Gasteiger partial charge >= 0.3 is 0 Å². The van der Waals surface area contributed by atoms with Crippen molar-refractivity contribution < 1.29 is 20.1 Å². The first-order valence-corrected chi connectivity index (χ1v) is 11.5. The second-order valence-corrected chi connectivity index (χ2v) is 9.19. The van der Waals surface area contributed by atoms with Crippen LogP contribution in [0, 0.1) is 41.5 Å². The molecule has 5 heteroatoms. The molecule has 0 aromatic heterocycles. The summed E-state index contributed by atoms with van der Waals surface area (Å²) >= 11 is 0. The minimum Gasteiger partial charge on any atom is -0.508 e. The Morgan fingerprint density at radius 1 is 0.600 bits per heavy atom. The number of ether oxygens (including phenoxy) is 1. The van der Waals surface area contributed by atoms with E-state index in [1.807, 2.05) is 71.9 Å². The van der Waals surface area contributed by atoms with Gasteiger partial charge in [-0.1, -0.05) is 0 Å². The van der Waals surface area contributed by atoms with Gasteiger partial charge < -0.3 is 25.0 Å². The van der Waals surface area contributed by atoms with Gasteiger partial charge in [0.25, 0.3) is 0 Å². The van der Waals surface area contributed by atoms with Crippen LogP contribution in [0.4, 0.5) is 17.1 Å². The standard InChI is InChI=1S/C30H31NO4/c1-17-11-27(34)22(6)28(12-17)35-26-9-7-23(8-10-26)31(29-18(2)13-24(32)14-19(29)3)30-20(4)15-25(33)16-21(30)5/h7-16,32-34H,1-6H3. The molecule has 0 bridgehead atoms. The molecule has 0 fully saturated rings. The fraction of sp³-hybridized carbons (Fsp3) is 0.200. The Morgan fingerprint density at radius 3 is 1.51 bits per heavy atom. The van der Waals surface area contributed by atoms with E-state index in [4.69, 9.17) is 4.74 Å². The molecule has 0 amide bonds. The predicted molar refractivity (Wildman–Crippen MR) is 141 cm³/mol. The van der Waals surface area contributed by atoms with Crippen molar-refractivity contribution in [3.63, 3.8) is 0 Å². The lowest BCUT2D eigenvalue weighted by atomic mass is 10.0. The largest absolute Gasteiger partial charge is 0.508 e. The Morgan fingerprint density at radius 2 is 1.06 bits per heavy atom. The molecular formula is C30H31NO4. The van der Waals surface area contributed by atoms with Crippen molar-refractivity contribution in [3.8, 4) is 28.7 Å². The van der Waals surface area contributed by atoms with E-state index in [0.29, 0.717) is 17.1 Å². The molecule has 5 nitrogen and oxygen atoms in total. The number of nitrogens with zero attached hydrogens (tertiary/aromatic N) is 1. The molecule has 35 heavy (non-hydrogen) atoms. The van der Waals surface area contributed by atoms with Gasteiger partial charge in [-0.25, -0.2) is 0 Å². The smallest absolute Gasteiger partial charge is 0.134 e. The van der Waals surface area contributed by atoms with E-state index in [9.17, 15) is 15.3 Å². The maximum absolute atomic E-state index is 10.1. The van der Waals surface area contributed by atoms with Gasteiger partial charge in [0.2, 0.25) is 0 Å². The molecule has 0 aliphatic rings. The Hall–Kier alpha value is -4.12. The summed E-state index contributed by atoms with van der Waals surface area (Å²) in [6.07, 6.45) is 0. The lowest BCUT2D eigenvalue weighted by Gasteiger charge is -2.31. The predicted octanol–water partition coefficient (Wildman–Crippen LogP) is 7.92. The maximum Gasteiger partial charge on any atom is 0.134 e. The molecule has 0 heterocycles. The van der Waals surface area contributed by atoms with E-state index < -0.39 is 0 Å². The summed E-state index contributed by atoms with van der Waals surface area (Å²) in [5.74, 6) is 1.92. The number of hydrogen-bond donors (Lipinski definition) is 3. The number of hydrogen-bond acceptors (Lipinski definition) is 5. The average Bonchev–Trinajstić information content (AvgIpc) is 2.75. The summed E-state index contributed by atoms with van der Waals surface area (Å²) in [4.78, 5) is 2.15. The number of phenolic OH excluding ortho intramolecular Hbond substituents is 3. The SMILES string of the molecule is Cc1cc(O)c(C)c(Oc2ccc(N(c3c(C)cc(O)cc3C)c3c(C)cc(O)cc3C)cc2)c1. The summed E-state index contributed by atoms with van der Waals surface area (Å²) < 4.78 is 6.10. The minimum absolute atomic E-state index is 0.208. The monoisotopic (exact) mass is 469 g/mol. The van der Waals surface area contributed by atoms with Crippen molar-refractivity contribution in [1.82, 2.24) is 0 Å². The van der Waals surface area contributed by atoms with Gasteiger partial charge in [0, 0.05) is 11.3 Å². The van der Waals surface area contributed by atoms with E-state index in [0.717, 1.165) is 44.9 Å². The number of benzene rings is 4. The summed E-state index contributed by atoms with van der Waals surface area (Å²) in [7, 11) is 0. The van der Waals surface area contributed by atoms with E-state index in [2.05, 4.69) is 4.90 Å². The first kappa shape index (κ1) is 24.0. The van der Waals surface area contributed by atoms with Crippen LogP contribution in [0.3, 0.4) is 0 Å². The van der Waals surface area contributed by atoms with Crippen molar-refractivity contribution in [2.45, 2.75) is 41.5 Å². The van der Waals surface area contributed by atoms with E-state index in [1.54, 1.807) is 30.3 Å². The van der Waals surface area contributed by atoms with Crippen LogP contribution in [0.25, 0.3) is 0 Å². The topological polar surface area (TPSA) is 73.2 Å². The molecule has 0 radical (unpaired) electrons. The second-order valence-electron chi connectivity index (χ2n) is 9.19. The molecule has 3 N–H and O–H groups in total. The summed E-state index contributed by atoms with van der Waals surface area (Å²) in [5.41, 5.74) is 8.17. The van der Waals surface area contributed by atoms with Crippen LogP contribution in [-0.2, 0) is 0 Å². The maximum atomic E-state index is 10.1. The quantitative estimate of drug-likeness (QED) is 0.277. The molecule has 4 aromatic carbocycles. The van der Waals surface area contributed by atoms with Crippen LogP contribution in [-0.4, -0.2) is 15.3 Å². The van der Waals surface area contributed by atoms with E-state index >= 15 is 0 Å². The molecule has 0 saturated carbocycles. The van der Waals surface area contributed by atoms with Crippen molar-refractivity contribution in [2.75, 3.05) is 4.90 Å². The van der Waals surface area contributed by atoms with Gasteiger partial charge in [0.1, 0.15) is 28.7 Å². The van der Waals surface area contributed by atoms with Crippen molar-refractivity contribution >= 4 is 17.1 Å². The zero-order valence-corrected chi connectivity index (χ0v) is 21.0. The van der Waals surface area contributed by atoms with Crippen molar-refractivity contribution in [1.29, 1.82) is 0 Å². The highest BCUT2D eigenvalue weighted by Gasteiger charge is 2.21. The van der Waals surface area contributed by atoms with Crippen LogP contribution in [0.1, 0.15) is 33.4 Å². The number of phenols is 3. The van der Waals surface area contributed by atoms with Gasteiger partial charge in [-0.05, 0) is 130 Å². The van der Waals surface area contributed by atoms with Gasteiger partial charge in [-0.2, -0.15) is 0 Å². The Kier molecular flexibility index (Phi) is 6.35. The highest BCUT2D eigenvalue weighted by molar-refractivity contribution is 5.84. The summed E-state index contributed by atoms with van der Waals surface area (Å²) in [6.45, 7) is 11.6. The van der Waals surface area contributed by atoms with Gasteiger partial charge in [0.15, 0.2) is 0 Å². The lowest BCUT2D eigenvalue weighted by Crippen LogP contribution is -2.15. The molecule has 0 aliphatic heterocycles. The minimum atomic E-state index is 0.208. The van der Waals surface area contributed by atoms with Crippen LogP contribution in [0.2, 0.25) is 0 Å². The third-order valence-corrected chi connectivity index (χ3v) is 6.20. The molecule has 4 aromatic rings. The molecule has 180 valence electrons. The first-order valence-electron chi connectivity index (χ1n) is 11.5. The van der Waals surface area contributed by atoms with E-state index in [1.165, 1.54) is 0 Å². The number of aromatic hydroxyl groups is 3. The fourth-order valence-corrected chi connectivity index (χ4v) is 4.64. The van der Waals surface area contributed by atoms with Crippen molar-refractivity contribution in [2.24, 2.45) is 0 Å². The fourth-order valence-electron chi connectivity index (χ4n) is 4.64. The summed E-state index contributed by atoms with van der Waals surface area (Å²) in [6, 6.07) is 18.4. The molecule has 0 saturated heterocycles. The normalized spacial score (nSPS) is 10.9. The molecular weight excluding hydrogens is 438 g/mol. The van der Waals surface area contributed by atoms with Crippen LogP contribution in [0.5, 0.6) is 28.7 Å². The first-order chi connectivity index (χ1) is 16.5. The number of rotatable bonds is 5. The molecule has 4 rings (SSSR count). The average molecular weight is 470 g/mol. The molecule has 0 unspecified atom stereocenters. The zero-order chi connectivity index (χ0) is 25.4. The second kappa shape index (κ2) is 9.26. The summed E-state index contributed by atoms with van der Waals surface area (Å²) in [5, 5.41) is 30.4. The van der Waals surface area contributed by atoms with E-state index in [-0.39, 0.29) is 17.2 Å². The zero-order valence-electron chi connectivity index (χ0n) is 21.0. The number of aryl methyl sites for hydroxylation is 5. The molecule has 0 aliphatic carbocycles. The molecule has 0 atom stereocenters. The highest BCUT2D eigenvalue weighted by atomic mass is 16.5. The Balaban J connectivity index is 1.83. The van der Waals surface area contributed by atoms with Gasteiger partial charge in [0.05, 0.1) is 11.4 Å². The van der Waals surface area contributed by atoms with Crippen molar-refractivity contribution in [3.05, 3.63) is 94.0 Å². The lowest BCUT2D eigenvalue weighted by molar-refractivity contribution is 0.447. The van der Waals surface area contributed by atoms with Crippen LogP contribution in [0.15, 0.2) is 60.7 Å². The van der Waals surface area contributed by atoms with Gasteiger partial charge in [-0.3, -0.25) is 0 Å². The highest BCUT2D eigenvalue weighted by Crippen LogP contribution is 2.44. The number of anilines is 3. The third-order valence-electron chi connectivity index (χ3n) is 6.20. The Bertz CT molecular complexity index is 1300. The van der Waals surface area contributed by atoms with Crippen LogP contribution >= 0.6 is 0 Å². The third kappa shape index (κ3) is 4.76. The van der Waals surface area contributed by atoms with Gasteiger partial charge in [-0.15, -0.1) is 0 Å². The molecule has 0 spiro atoms. The Labute approximate surface area is 206 Å².